The minimum absolute atomic E-state index is 0.514. The van der Waals surface area contributed by atoms with E-state index in [1.165, 1.54) is 24.8 Å². The highest BCUT2D eigenvalue weighted by molar-refractivity contribution is 5.30. The second-order valence-electron chi connectivity index (χ2n) is 6.29. The molecule has 2 nitrogen and oxygen atoms in total. The highest BCUT2D eigenvalue weighted by Gasteiger charge is 2.32. The lowest BCUT2D eigenvalue weighted by Gasteiger charge is -2.25. The summed E-state index contributed by atoms with van der Waals surface area (Å²) in [4.78, 5) is 0. The predicted octanol–water partition coefficient (Wildman–Crippen LogP) is 4.17. The van der Waals surface area contributed by atoms with Crippen LogP contribution in [0, 0.1) is 11.8 Å². The Morgan fingerprint density at radius 1 is 1.16 bits per heavy atom. The zero-order valence-corrected chi connectivity index (χ0v) is 12.6. The minimum atomic E-state index is 0.514. The van der Waals surface area contributed by atoms with E-state index >= 15 is 0 Å². The number of hydrogen-bond donors (Lipinski definition) is 1. The molecule has 1 aromatic carbocycles. The molecule has 2 rings (SSSR count). The van der Waals surface area contributed by atoms with Crippen LogP contribution in [0.2, 0.25) is 0 Å². The second kappa shape index (κ2) is 6.42. The van der Waals surface area contributed by atoms with Crippen LogP contribution in [0.3, 0.4) is 0 Å². The van der Waals surface area contributed by atoms with Gasteiger partial charge in [0.05, 0.1) is 7.11 Å². The molecule has 2 unspecified atom stereocenters. The standard InChI is InChI=1S/C17H27NO/c1-12(2)11-13(3)18-17(14-5-6-14)15-7-9-16(19-4)10-8-15/h7-10,12-14,17-18H,5-6,11H2,1-4H3. The number of hydrogen-bond acceptors (Lipinski definition) is 2. The Kier molecular flexibility index (Phi) is 4.87. The maximum atomic E-state index is 5.24. The molecule has 0 radical (unpaired) electrons. The lowest BCUT2D eigenvalue weighted by Crippen LogP contribution is -2.32. The van der Waals surface area contributed by atoms with E-state index in [0.717, 1.165) is 17.6 Å². The second-order valence-corrected chi connectivity index (χ2v) is 6.29. The summed E-state index contributed by atoms with van der Waals surface area (Å²) in [6.07, 6.45) is 3.95. The minimum Gasteiger partial charge on any atom is -0.497 e. The lowest BCUT2D eigenvalue weighted by atomic mass is 9.98. The molecule has 0 saturated heterocycles. The number of ether oxygens (including phenoxy) is 1. The maximum Gasteiger partial charge on any atom is 0.118 e. The van der Waals surface area contributed by atoms with E-state index in [4.69, 9.17) is 4.74 Å². The summed E-state index contributed by atoms with van der Waals surface area (Å²) in [5.74, 6) is 2.51. The molecule has 1 fully saturated rings. The summed E-state index contributed by atoms with van der Waals surface area (Å²) in [7, 11) is 1.72. The van der Waals surface area contributed by atoms with Crippen molar-refractivity contribution in [3.8, 4) is 5.75 Å². The van der Waals surface area contributed by atoms with Gasteiger partial charge in [-0.05, 0) is 55.7 Å². The van der Waals surface area contributed by atoms with Crippen LogP contribution in [-0.2, 0) is 0 Å². The molecule has 1 aliphatic carbocycles. The van der Waals surface area contributed by atoms with Gasteiger partial charge >= 0.3 is 0 Å². The van der Waals surface area contributed by atoms with Crippen LogP contribution >= 0.6 is 0 Å². The summed E-state index contributed by atoms with van der Waals surface area (Å²) in [6.45, 7) is 6.88. The number of benzene rings is 1. The van der Waals surface area contributed by atoms with E-state index in [1.54, 1.807) is 7.11 Å². The molecular weight excluding hydrogens is 234 g/mol. The monoisotopic (exact) mass is 261 g/mol. The number of methoxy groups -OCH3 is 1. The Balaban J connectivity index is 2.02. The summed E-state index contributed by atoms with van der Waals surface area (Å²) >= 11 is 0. The number of rotatable bonds is 7. The van der Waals surface area contributed by atoms with E-state index in [2.05, 4.69) is 50.4 Å². The maximum absolute atomic E-state index is 5.24. The van der Waals surface area contributed by atoms with Crippen molar-refractivity contribution in [3.63, 3.8) is 0 Å². The number of nitrogens with one attached hydrogen (secondary N) is 1. The van der Waals surface area contributed by atoms with E-state index in [-0.39, 0.29) is 0 Å². The van der Waals surface area contributed by atoms with Crippen molar-refractivity contribution in [1.29, 1.82) is 0 Å². The van der Waals surface area contributed by atoms with Gasteiger partial charge < -0.3 is 10.1 Å². The molecular formula is C17H27NO. The molecule has 2 heteroatoms. The largest absolute Gasteiger partial charge is 0.497 e. The molecule has 0 spiro atoms. The molecule has 1 saturated carbocycles. The van der Waals surface area contributed by atoms with Crippen molar-refractivity contribution < 1.29 is 4.74 Å². The average molecular weight is 261 g/mol. The molecule has 0 bridgehead atoms. The molecule has 106 valence electrons. The summed E-state index contributed by atoms with van der Waals surface area (Å²) in [5, 5.41) is 3.82. The summed E-state index contributed by atoms with van der Waals surface area (Å²) < 4.78 is 5.24. The van der Waals surface area contributed by atoms with Crippen molar-refractivity contribution >= 4 is 0 Å². The van der Waals surface area contributed by atoms with Gasteiger partial charge in [-0.3, -0.25) is 0 Å². The fraction of sp³-hybridized carbons (Fsp3) is 0.647. The normalized spacial score (nSPS) is 18.4. The molecule has 1 aliphatic rings. The third kappa shape index (κ3) is 4.24. The third-order valence-corrected chi connectivity index (χ3v) is 3.86. The molecule has 2 atom stereocenters. The van der Waals surface area contributed by atoms with Gasteiger partial charge in [0.15, 0.2) is 0 Å². The van der Waals surface area contributed by atoms with Crippen LogP contribution < -0.4 is 10.1 Å². The van der Waals surface area contributed by atoms with Gasteiger partial charge in [-0.15, -0.1) is 0 Å². The highest BCUT2D eigenvalue weighted by atomic mass is 16.5. The Bertz CT molecular complexity index is 381. The van der Waals surface area contributed by atoms with Crippen LogP contribution in [0.15, 0.2) is 24.3 Å². The summed E-state index contributed by atoms with van der Waals surface area (Å²) in [6, 6.07) is 9.64. The fourth-order valence-corrected chi connectivity index (χ4v) is 2.83. The van der Waals surface area contributed by atoms with Crippen molar-refractivity contribution in [2.24, 2.45) is 11.8 Å². The van der Waals surface area contributed by atoms with Gasteiger partial charge in [0.2, 0.25) is 0 Å². The zero-order valence-electron chi connectivity index (χ0n) is 12.6. The predicted molar refractivity (Wildman–Crippen MR) is 80.5 cm³/mol. The van der Waals surface area contributed by atoms with Crippen LogP contribution in [-0.4, -0.2) is 13.2 Å². The van der Waals surface area contributed by atoms with Crippen LogP contribution in [0.1, 0.15) is 51.6 Å². The van der Waals surface area contributed by atoms with Gasteiger partial charge in [0.1, 0.15) is 5.75 Å². The van der Waals surface area contributed by atoms with Gasteiger partial charge in [0.25, 0.3) is 0 Å². The Labute approximate surface area is 117 Å². The quantitative estimate of drug-likeness (QED) is 0.795. The van der Waals surface area contributed by atoms with Gasteiger partial charge in [-0.2, -0.15) is 0 Å². The lowest BCUT2D eigenvalue weighted by molar-refractivity contribution is 0.371. The fourth-order valence-electron chi connectivity index (χ4n) is 2.83. The topological polar surface area (TPSA) is 21.3 Å². The van der Waals surface area contributed by atoms with E-state index in [9.17, 15) is 0 Å². The molecule has 1 N–H and O–H groups in total. The molecule has 0 amide bonds. The van der Waals surface area contributed by atoms with Crippen molar-refractivity contribution in [3.05, 3.63) is 29.8 Å². The van der Waals surface area contributed by atoms with Crippen molar-refractivity contribution in [2.45, 2.75) is 52.1 Å². The van der Waals surface area contributed by atoms with Gasteiger partial charge in [-0.25, -0.2) is 0 Å². The molecule has 0 aromatic heterocycles. The SMILES string of the molecule is COc1ccc(C(NC(C)CC(C)C)C2CC2)cc1. The van der Waals surface area contributed by atoms with E-state index < -0.39 is 0 Å². The first-order chi connectivity index (χ1) is 9.10. The first-order valence-corrected chi connectivity index (χ1v) is 7.50. The highest BCUT2D eigenvalue weighted by Crippen LogP contribution is 2.41. The zero-order chi connectivity index (χ0) is 13.8. The molecule has 0 aliphatic heterocycles. The van der Waals surface area contributed by atoms with E-state index in [1.807, 2.05) is 0 Å². The first kappa shape index (κ1) is 14.4. The average Bonchev–Trinajstić information content (AvgIpc) is 3.19. The summed E-state index contributed by atoms with van der Waals surface area (Å²) in [5.41, 5.74) is 1.40. The first-order valence-electron chi connectivity index (χ1n) is 7.50. The Hall–Kier alpha value is -1.02. The van der Waals surface area contributed by atoms with E-state index in [0.29, 0.717) is 12.1 Å². The van der Waals surface area contributed by atoms with Crippen molar-refractivity contribution in [1.82, 2.24) is 5.32 Å². The van der Waals surface area contributed by atoms with Crippen molar-refractivity contribution in [2.75, 3.05) is 7.11 Å². The molecule has 1 aromatic rings. The van der Waals surface area contributed by atoms with Crippen LogP contribution in [0.4, 0.5) is 0 Å². The third-order valence-electron chi connectivity index (χ3n) is 3.86. The Morgan fingerprint density at radius 2 is 1.79 bits per heavy atom. The molecule has 19 heavy (non-hydrogen) atoms. The van der Waals surface area contributed by atoms with Crippen LogP contribution in [0.25, 0.3) is 0 Å². The van der Waals surface area contributed by atoms with Gasteiger partial charge in [-0.1, -0.05) is 26.0 Å². The Morgan fingerprint density at radius 3 is 2.26 bits per heavy atom. The smallest absolute Gasteiger partial charge is 0.118 e. The molecule has 0 heterocycles. The van der Waals surface area contributed by atoms with Crippen LogP contribution in [0.5, 0.6) is 5.75 Å². The van der Waals surface area contributed by atoms with Gasteiger partial charge in [0, 0.05) is 12.1 Å².